The van der Waals surface area contributed by atoms with Crippen molar-refractivity contribution in [1.29, 1.82) is 0 Å². The molecule has 0 bridgehead atoms. The fourth-order valence-corrected chi connectivity index (χ4v) is 3.97. The molecule has 184 valence electrons. The van der Waals surface area contributed by atoms with Gasteiger partial charge in [0.15, 0.2) is 11.5 Å². The maximum Gasteiger partial charge on any atom is 0.347 e. The minimum Gasteiger partial charge on any atom is -0.496 e. The van der Waals surface area contributed by atoms with E-state index in [1.807, 2.05) is 30.3 Å². The first-order valence-corrected chi connectivity index (χ1v) is 11.3. The van der Waals surface area contributed by atoms with Gasteiger partial charge in [-0.1, -0.05) is 54.1 Å². The van der Waals surface area contributed by atoms with E-state index in [9.17, 15) is 9.59 Å². The molecule has 0 aliphatic rings. The molecule has 0 aliphatic heterocycles. The van der Waals surface area contributed by atoms with Crippen LogP contribution in [0.2, 0.25) is 5.02 Å². The molecular weight excluding hydrogens is 484 g/mol. The van der Waals surface area contributed by atoms with Crippen molar-refractivity contribution in [2.75, 3.05) is 21.3 Å². The molecular formula is C28H23ClO7. The molecule has 0 N–H and O–H groups in total. The molecule has 4 rings (SSSR count). The number of halogens is 1. The molecule has 0 radical (unpaired) electrons. The van der Waals surface area contributed by atoms with Crippen molar-refractivity contribution in [1.82, 2.24) is 0 Å². The van der Waals surface area contributed by atoms with E-state index in [1.165, 1.54) is 21.3 Å². The van der Waals surface area contributed by atoms with E-state index in [2.05, 4.69) is 0 Å². The third-order valence-corrected chi connectivity index (χ3v) is 5.66. The van der Waals surface area contributed by atoms with Gasteiger partial charge in [0, 0.05) is 15.8 Å². The van der Waals surface area contributed by atoms with E-state index >= 15 is 0 Å². The minimum absolute atomic E-state index is 0.0476. The standard InChI is InChI=1S/C28H23ClO7/c1-32-22-12-8-7-11-20(22)28(31)36-25-21-16-18(29)13-14-19(21)24(26(33-2)27(25)34-3)35-23(30)15-17-9-5-4-6-10-17/h4-14,16H,15H2,1-3H3. The molecule has 36 heavy (non-hydrogen) atoms. The first kappa shape index (κ1) is 24.9. The molecule has 0 unspecified atom stereocenters. The van der Waals surface area contributed by atoms with Crippen molar-refractivity contribution < 1.29 is 33.3 Å². The fraction of sp³-hybridized carbons (Fsp3) is 0.143. The molecule has 0 saturated heterocycles. The Morgan fingerprint density at radius 3 is 2.00 bits per heavy atom. The van der Waals surface area contributed by atoms with Crippen molar-refractivity contribution in [2.24, 2.45) is 0 Å². The van der Waals surface area contributed by atoms with Crippen molar-refractivity contribution >= 4 is 34.3 Å². The smallest absolute Gasteiger partial charge is 0.347 e. The first-order valence-electron chi connectivity index (χ1n) is 10.9. The number of esters is 2. The van der Waals surface area contributed by atoms with Crippen molar-refractivity contribution in [3.05, 3.63) is 88.9 Å². The van der Waals surface area contributed by atoms with Gasteiger partial charge in [-0.2, -0.15) is 0 Å². The number of para-hydroxylation sites is 1. The Morgan fingerprint density at radius 1 is 0.694 bits per heavy atom. The number of hydrogen-bond acceptors (Lipinski definition) is 7. The second kappa shape index (κ2) is 11.0. The molecule has 0 aliphatic carbocycles. The van der Waals surface area contributed by atoms with Crippen LogP contribution in [0.1, 0.15) is 15.9 Å². The Balaban J connectivity index is 1.82. The topological polar surface area (TPSA) is 80.3 Å². The molecule has 0 fully saturated rings. The largest absolute Gasteiger partial charge is 0.496 e. The second-order valence-electron chi connectivity index (χ2n) is 7.64. The van der Waals surface area contributed by atoms with Gasteiger partial charge < -0.3 is 23.7 Å². The summed E-state index contributed by atoms with van der Waals surface area (Å²) in [5.41, 5.74) is 1.01. The Labute approximate surface area is 213 Å². The lowest BCUT2D eigenvalue weighted by Gasteiger charge is -2.20. The van der Waals surface area contributed by atoms with E-state index in [0.717, 1.165) is 5.56 Å². The van der Waals surface area contributed by atoms with Crippen molar-refractivity contribution in [3.8, 4) is 28.7 Å². The SMILES string of the molecule is COc1ccccc1C(=O)Oc1c(OC)c(OC)c(OC(=O)Cc2ccccc2)c2ccc(Cl)cc12. The fourth-order valence-electron chi connectivity index (χ4n) is 3.80. The van der Waals surface area contributed by atoms with Crippen LogP contribution < -0.4 is 23.7 Å². The van der Waals surface area contributed by atoms with Gasteiger partial charge in [-0.25, -0.2) is 4.79 Å². The third-order valence-electron chi connectivity index (χ3n) is 5.43. The van der Waals surface area contributed by atoms with Gasteiger partial charge in [-0.15, -0.1) is 0 Å². The van der Waals surface area contributed by atoms with Crippen LogP contribution in [-0.4, -0.2) is 33.3 Å². The number of ether oxygens (including phenoxy) is 5. The van der Waals surface area contributed by atoms with Crippen molar-refractivity contribution in [3.63, 3.8) is 0 Å². The molecule has 4 aromatic rings. The molecule has 0 heterocycles. The number of hydrogen-bond donors (Lipinski definition) is 0. The number of carbonyl (C=O) groups is 2. The molecule has 0 saturated carbocycles. The van der Waals surface area contributed by atoms with Crippen LogP contribution in [0, 0.1) is 0 Å². The summed E-state index contributed by atoms with van der Waals surface area (Å²) in [6, 6.07) is 20.8. The quantitative estimate of drug-likeness (QED) is 0.218. The zero-order chi connectivity index (χ0) is 25.7. The lowest BCUT2D eigenvalue weighted by Crippen LogP contribution is -2.14. The summed E-state index contributed by atoms with van der Waals surface area (Å²) in [5, 5.41) is 1.22. The van der Waals surface area contributed by atoms with Gasteiger partial charge in [0.05, 0.1) is 27.8 Å². The summed E-state index contributed by atoms with van der Waals surface area (Å²) in [4.78, 5) is 26.0. The molecule has 7 nitrogen and oxygen atoms in total. The lowest BCUT2D eigenvalue weighted by atomic mass is 10.1. The molecule has 0 aromatic heterocycles. The summed E-state index contributed by atoms with van der Waals surface area (Å²) in [6.45, 7) is 0. The Hall–Kier alpha value is -4.23. The first-order chi connectivity index (χ1) is 17.5. The summed E-state index contributed by atoms with van der Waals surface area (Å²) in [7, 11) is 4.26. The van der Waals surface area contributed by atoms with Crippen LogP contribution in [0.25, 0.3) is 10.8 Å². The summed E-state index contributed by atoms with van der Waals surface area (Å²) >= 11 is 6.29. The zero-order valence-corrected chi connectivity index (χ0v) is 20.6. The predicted octanol–water partition coefficient (Wildman–Crippen LogP) is 5.89. The molecule has 0 spiro atoms. The molecule has 0 amide bonds. The van der Waals surface area contributed by atoms with Crippen LogP contribution >= 0.6 is 11.6 Å². The highest BCUT2D eigenvalue weighted by Crippen LogP contribution is 2.52. The van der Waals surface area contributed by atoms with E-state index in [0.29, 0.717) is 21.5 Å². The van der Waals surface area contributed by atoms with E-state index in [1.54, 1.807) is 42.5 Å². The number of benzene rings is 4. The van der Waals surface area contributed by atoms with Crippen LogP contribution in [0.4, 0.5) is 0 Å². The van der Waals surface area contributed by atoms with Gasteiger partial charge in [0.1, 0.15) is 11.3 Å². The Kier molecular flexibility index (Phi) is 7.61. The normalized spacial score (nSPS) is 10.6. The summed E-state index contributed by atoms with van der Waals surface area (Å²) in [6.07, 6.45) is 0.0476. The van der Waals surface area contributed by atoms with Gasteiger partial charge in [-0.05, 0) is 35.9 Å². The van der Waals surface area contributed by atoms with Gasteiger partial charge in [0.25, 0.3) is 0 Å². The van der Waals surface area contributed by atoms with E-state index in [4.69, 9.17) is 35.3 Å². The van der Waals surface area contributed by atoms with Crippen molar-refractivity contribution in [2.45, 2.75) is 6.42 Å². The maximum atomic E-state index is 13.1. The minimum atomic E-state index is -0.678. The third kappa shape index (κ3) is 5.06. The van der Waals surface area contributed by atoms with Gasteiger partial charge in [-0.3, -0.25) is 4.79 Å². The van der Waals surface area contributed by atoms with Gasteiger partial charge in [0.2, 0.25) is 11.5 Å². The lowest BCUT2D eigenvalue weighted by molar-refractivity contribution is -0.133. The Bertz CT molecular complexity index is 1420. The number of rotatable bonds is 8. The van der Waals surface area contributed by atoms with Crippen LogP contribution in [0.5, 0.6) is 28.7 Å². The zero-order valence-electron chi connectivity index (χ0n) is 19.9. The monoisotopic (exact) mass is 506 g/mol. The average Bonchev–Trinajstić information content (AvgIpc) is 2.89. The number of carbonyl (C=O) groups excluding carboxylic acids is 2. The highest BCUT2D eigenvalue weighted by molar-refractivity contribution is 6.31. The van der Waals surface area contributed by atoms with Crippen LogP contribution in [0.15, 0.2) is 72.8 Å². The molecule has 4 aromatic carbocycles. The highest BCUT2D eigenvalue weighted by Gasteiger charge is 2.28. The average molecular weight is 507 g/mol. The van der Waals surface area contributed by atoms with Gasteiger partial charge >= 0.3 is 11.9 Å². The van der Waals surface area contributed by atoms with Crippen LogP contribution in [0.3, 0.4) is 0 Å². The Morgan fingerprint density at radius 2 is 1.33 bits per heavy atom. The second-order valence-corrected chi connectivity index (χ2v) is 8.08. The molecule has 0 atom stereocenters. The van der Waals surface area contributed by atoms with E-state index < -0.39 is 11.9 Å². The summed E-state index contributed by atoms with van der Waals surface area (Å²) < 4.78 is 28.0. The molecule has 8 heteroatoms. The highest BCUT2D eigenvalue weighted by atomic mass is 35.5. The van der Waals surface area contributed by atoms with Crippen LogP contribution in [-0.2, 0) is 11.2 Å². The number of methoxy groups -OCH3 is 3. The maximum absolute atomic E-state index is 13.1. The van der Waals surface area contributed by atoms with E-state index in [-0.39, 0.29) is 35.0 Å². The number of fused-ring (bicyclic) bond motifs is 1. The summed E-state index contributed by atoms with van der Waals surface area (Å²) in [5.74, 6) is -0.485. The predicted molar refractivity (Wildman–Crippen MR) is 136 cm³/mol.